The van der Waals surface area contributed by atoms with Gasteiger partial charge in [0.05, 0.1) is 10.8 Å². The molecule has 0 saturated heterocycles. The van der Waals surface area contributed by atoms with E-state index in [-0.39, 0.29) is 10.7 Å². The lowest BCUT2D eigenvalue weighted by Gasteiger charge is -2.23. The molecule has 25 heavy (non-hydrogen) atoms. The van der Waals surface area contributed by atoms with E-state index in [0.717, 1.165) is 11.1 Å². The Hall–Kier alpha value is -2.02. The molecule has 0 aromatic heterocycles. The molecule has 6 heteroatoms. The summed E-state index contributed by atoms with van der Waals surface area (Å²) >= 11 is 0. The second kappa shape index (κ2) is 7.07. The lowest BCUT2D eigenvalue weighted by Crippen LogP contribution is -2.42. The lowest BCUT2D eigenvalue weighted by molar-refractivity contribution is -0.112. The van der Waals surface area contributed by atoms with Crippen molar-refractivity contribution < 1.29 is 17.4 Å². The van der Waals surface area contributed by atoms with Crippen LogP contribution in [0.15, 0.2) is 59.5 Å². The Balaban J connectivity index is 1.79. The van der Waals surface area contributed by atoms with Crippen molar-refractivity contribution in [3.8, 4) is 0 Å². The smallest absolute Gasteiger partial charge is 0.297 e. The first-order chi connectivity index (χ1) is 11.9. The van der Waals surface area contributed by atoms with E-state index in [2.05, 4.69) is 0 Å². The van der Waals surface area contributed by atoms with E-state index in [0.29, 0.717) is 12.8 Å². The number of carbonyl (C=O) groups is 1. The van der Waals surface area contributed by atoms with Gasteiger partial charge in [-0.05, 0) is 31.0 Å². The third-order valence-corrected chi connectivity index (χ3v) is 5.68. The molecule has 0 bridgehead atoms. The van der Waals surface area contributed by atoms with Gasteiger partial charge in [0, 0.05) is 12.5 Å². The summed E-state index contributed by atoms with van der Waals surface area (Å²) in [5, 5.41) is 0. The topological polar surface area (TPSA) is 86.5 Å². The molecule has 0 spiro atoms. The first kappa shape index (κ1) is 17.8. The number of Topliss-reactive ketones (excluding diaryl/α,β-unsaturated/α-hetero) is 1. The molecule has 1 aliphatic carbocycles. The summed E-state index contributed by atoms with van der Waals surface area (Å²) in [6.07, 6.45) is -0.0889. The van der Waals surface area contributed by atoms with Crippen LogP contribution in [0, 0.1) is 12.8 Å². The summed E-state index contributed by atoms with van der Waals surface area (Å²) < 4.78 is 30.5. The van der Waals surface area contributed by atoms with Crippen LogP contribution in [-0.4, -0.2) is 26.3 Å². The molecule has 0 amide bonds. The predicted octanol–water partition coefficient (Wildman–Crippen LogP) is 2.23. The van der Waals surface area contributed by atoms with Gasteiger partial charge >= 0.3 is 0 Å². The summed E-state index contributed by atoms with van der Waals surface area (Å²) in [7, 11) is -3.97. The number of carbonyl (C=O) groups excluding carboxylic acids is 1. The van der Waals surface area contributed by atoms with Crippen LogP contribution in [-0.2, 0) is 25.5 Å². The molecule has 3 rings (SSSR count). The van der Waals surface area contributed by atoms with Crippen molar-refractivity contribution in [3.05, 3.63) is 65.7 Å². The molecule has 0 aliphatic heterocycles. The van der Waals surface area contributed by atoms with E-state index in [1.54, 1.807) is 12.1 Å². The molecule has 5 nitrogen and oxygen atoms in total. The molecule has 2 aromatic rings. The molecular formula is C19H21NO4S. The minimum atomic E-state index is -3.97. The molecule has 2 N–H and O–H groups in total. The Labute approximate surface area is 147 Å². The molecule has 132 valence electrons. The van der Waals surface area contributed by atoms with Crippen molar-refractivity contribution >= 4 is 15.9 Å². The summed E-state index contributed by atoms with van der Waals surface area (Å²) in [5.41, 5.74) is 8.15. The van der Waals surface area contributed by atoms with E-state index in [4.69, 9.17) is 9.92 Å². The zero-order chi connectivity index (χ0) is 18.0. The van der Waals surface area contributed by atoms with E-state index < -0.39 is 28.2 Å². The Morgan fingerprint density at radius 3 is 2.28 bits per heavy atom. The van der Waals surface area contributed by atoms with Gasteiger partial charge in [-0.3, -0.25) is 8.98 Å². The maximum absolute atomic E-state index is 12.6. The highest BCUT2D eigenvalue weighted by Gasteiger charge is 2.47. The van der Waals surface area contributed by atoms with Crippen molar-refractivity contribution in [1.82, 2.24) is 0 Å². The Bertz CT molecular complexity index is 847. The van der Waals surface area contributed by atoms with Gasteiger partial charge < -0.3 is 5.73 Å². The number of benzene rings is 2. The second-order valence-corrected chi connectivity index (χ2v) is 8.03. The van der Waals surface area contributed by atoms with E-state index >= 15 is 0 Å². The molecule has 2 aromatic carbocycles. The van der Waals surface area contributed by atoms with Crippen molar-refractivity contribution in [2.75, 3.05) is 0 Å². The molecule has 0 heterocycles. The SMILES string of the molecule is Cc1ccc(S(=O)(=O)OC(C(N)Cc2ccccc2)C2CC2=O)cc1. The van der Waals surface area contributed by atoms with Crippen molar-refractivity contribution in [2.24, 2.45) is 11.7 Å². The zero-order valence-electron chi connectivity index (χ0n) is 14.0. The molecular weight excluding hydrogens is 338 g/mol. The normalized spacial score (nSPS) is 19.4. The fraction of sp³-hybridized carbons (Fsp3) is 0.316. The average Bonchev–Trinajstić information content (AvgIpc) is 3.30. The summed E-state index contributed by atoms with van der Waals surface area (Å²) in [4.78, 5) is 11.7. The molecule has 0 radical (unpaired) electrons. The van der Waals surface area contributed by atoms with Crippen LogP contribution in [0.25, 0.3) is 0 Å². The number of hydrogen-bond donors (Lipinski definition) is 1. The van der Waals surface area contributed by atoms with Crippen molar-refractivity contribution in [1.29, 1.82) is 0 Å². The van der Waals surface area contributed by atoms with Crippen LogP contribution >= 0.6 is 0 Å². The van der Waals surface area contributed by atoms with Gasteiger partial charge in [0.2, 0.25) is 0 Å². The van der Waals surface area contributed by atoms with Gasteiger partial charge in [0.1, 0.15) is 11.9 Å². The first-order valence-electron chi connectivity index (χ1n) is 8.19. The highest BCUT2D eigenvalue weighted by Crippen LogP contribution is 2.34. The number of nitrogens with two attached hydrogens (primary N) is 1. The maximum atomic E-state index is 12.6. The van der Waals surface area contributed by atoms with Crippen LogP contribution in [0.5, 0.6) is 0 Å². The second-order valence-electron chi connectivity index (χ2n) is 6.46. The minimum absolute atomic E-state index is 0.00684. The summed E-state index contributed by atoms with van der Waals surface area (Å²) in [6.45, 7) is 1.87. The summed E-state index contributed by atoms with van der Waals surface area (Å²) in [5.74, 6) is -0.452. The zero-order valence-corrected chi connectivity index (χ0v) is 14.8. The number of hydrogen-bond acceptors (Lipinski definition) is 5. The molecule has 1 saturated carbocycles. The van der Waals surface area contributed by atoms with E-state index in [1.807, 2.05) is 37.3 Å². The Morgan fingerprint density at radius 2 is 1.72 bits per heavy atom. The summed E-state index contributed by atoms with van der Waals surface area (Å²) in [6, 6.07) is 15.3. The van der Waals surface area contributed by atoms with Crippen molar-refractivity contribution in [3.63, 3.8) is 0 Å². The quantitative estimate of drug-likeness (QED) is 0.766. The fourth-order valence-electron chi connectivity index (χ4n) is 2.80. The molecule has 3 unspecified atom stereocenters. The predicted molar refractivity (Wildman–Crippen MR) is 94.5 cm³/mol. The highest BCUT2D eigenvalue weighted by molar-refractivity contribution is 7.86. The number of aryl methyl sites for hydroxylation is 1. The van der Waals surface area contributed by atoms with Crippen LogP contribution in [0.2, 0.25) is 0 Å². The van der Waals surface area contributed by atoms with Gasteiger partial charge in [-0.2, -0.15) is 8.42 Å². The Kier molecular flexibility index (Phi) is 5.03. The first-order valence-corrected chi connectivity index (χ1v) is 9.60. The number of rotatable bonds is 7. The number of ketones is 1. The van der Waals surface area contributed by atoms with Crippen LogP contribution in [0.1, 0.15) is 17.5 Å². The van der Waals surface area contributed by atoms with Gasteiger partial charge in [-0.25, -0.2) is 0 Å². The third kappa shape index (κ3) is 4.34. The van der Waals surface area contributed by atoms with Gasteiger partial charge in [0.15, 0.2) is 0 Å². The van der Waals surface area contributed by atoms with Crippen LogP contribution < -0.4 is 5.73 Å². The van der Waals surface area contributed by atoms with Gasteiger partial charge in [-0.15, -0.1) is 0 Å². The van der Waals surface area contributed by atoms with Crippen LogP contribution in [0.3, 0.4) is 0 Å². The van der Waals surface area contributed by atoms with Gasteiger partial charge in [0.25, 0.3) is 10.1 Å². The average molecular weight is 359 g/mol. The van der Waals surface area contributed by atoms with E-state index in [1.165, 1.54) is 12.1 Å². The maximum Gasteiger partial charge on any atom is 0.297 e. The monoisotopic (exact) mass is 359 g/mol. The molecule has 3 atom stereocenters. The van der Waals surface area contributed by atoms with Crippen LogP contribution in [0.4, 0.5) is 0 Å². The Morgan fingerprint density at radius 1 is 1.12 bits per heavy atom. The highest BCUT2D eigenvalue weighted by atomic mass is 32.2. The largest absolute Gasteiger partial charge is 0.325 e. The third-order valence-electron chi connectivity index (χ3n) is 4.35. The van der Waals surface area contributed by atoms with Crippen molar-refractivity contribution in [2.45, 2.75) is 36.8 Å². The molecule has 1 fully saturated rings. The fourth-order valence-corrected chi connectivity index (χ4v) is 3.95. The van der Waals surface area contributed by atoms with E-state index in [9.17, 15) is 13.2 Å². The molecule has 1 aliphatic rings. The minimum Gasteiger partial charge on any atom is -0.325 e. The lowest BCUT2D eigenvalue weighted by atomic mass is 9.99. The standard InChI is InChI=1S/C19H21NO4S/c1-13-7-9-15(10-8-13)25(22,23)24-19(16-12-18(16)21)17(20)11-14-5-3-2-4-6-14/h2-10,16-17,19H,11-12,20H2,1H3. The van der Waals surface area contributed by atoms with Gasteiger partial charge in [-0.1, -0.05) is 48.0 Å².